The van der Waals surface area contributed by atoms with E-state index in [9.17, 15) is 0 Å². The van der Waals surface area contributed by atoms with Gasteiger partial charge in [0, 0.05) is 22.2 Å². The molecular formula is C18H20N2. The van der Waals surface area contributed by atoms with Gasteiger partial charge in [-0.1, -0.05) is 13.8 Å². The Morgan fingerprint density at radius 3 is 1.50 bits per heavy atom. The van der Waals surface area contributed by atoms with Crippen LogP contribution in [-0.2, 0) is 12.8 Å². The molecule has 3 aromatic rings. The fourth-order valence-corrected chi connectivity index (χ4v) is 2.89. The maximum atomic E-state index is 4.79. The number of rotatable bonds is 2. The summed E-state index contributed by atoms with van der Waals surface area (Å²) in [5.74, 6) is 0. The van der Waals surface area contributed by atoms with Crippen molar-refractivity contribution in [2.24, 2.45) is 0 Å². The molecule has 0 unspecified atom stereocenters. The molecule has 0 atom stereocenters. The summed E-state index contributed by atoms with van der Waals surface area (Å²) in [6.45, 7) is 8.60. The number of hydrogen-bond acceptors (Lipinski definition) is 2. The molecule has 0 spiro atoms. The van der Waals surface area contributed by atoms with E-state index in [1.165, 1.54) is 33.3 Å². The molecule has 0 radical (unpaired) electrons. The topological polar surface area (TPSA) is 25.8 Å². The molecule has 2 nitrogen and oxygen atoms in total. The van der Waals surface area contributed by atoms with Crippen molar-refractivity contribution in [2.45, 2.75) is 40.5 Å². The molecule has 2 heteroatoms. The summed E-state index contributed by atoms with van der Waals surface area (Å²) in [5, 5.41) is 2.44. The number of fused-ring (bicyclic) bond motifs is 3. The minimum atomic E-state index is 0.978. The first-order chi connectivity index (χ1) is 9.63. The van der Waals surface area contributed by atoms with Crippen LogP contribution in [-0.4, -0.2) is 9.97 Å². The lowest BCUT2D eigenvalue weighted by Gasteiger charge is -2.10. The minimum Gasteiger partial charge on any atom is -0.253 e. The summed E-state index contributed by atoms with van der Waals surface area (Å²) in [6, 6.07) is 8.71. The standard InChI is InChI=1S/C18H20N2/c1-5-15-11(3)9-13-14-10-12(4)16(6-2)20-18(14)8-7-17(13)19-15/h7-10H,5-6H2,1-4H3. The molecule has 0 aliphatic rings. The highest BCUT2D eigenvalue weighted by Gasteiger charge is 2.08. The van der Waals surface area contributed by atoms with Crippen molar-refractivity contribution in [3.63, 3.8) is 0 Å². The summed E-state index contributed by atoms with van der Waals surface area (Å²) in [4.78, 5) is 9.58. The molecule has 0 N–H and O–H groups in total. The van der Waals surface area contributed by atoms with Crippen LogP contribution in [0, 0.1) is 13.8 Å². The predicted octanol–water partition coefficient (Wildman–Crippen LogP) is 4.52. The van der Waals surface area contributed by atoms with Crippen LogP contribution < -0.4 is 0 Å². The maximum Gasteiger partial charge on any atom is 0.0713 e. The van der Waals surface area contributed by atoms with Gasteiger partial charge >= 0.3 is 0 Å². The first-order valence-electron chi connectivity index (χ1n) is 7.33. The molecule has 2 heterocycles. The van der Waals surface area contributed by atoms with Crippen LogP contribution >= 0.6 is 0 Å². The van der Waals surface area contributed by atoms with Crippen molar-refractivity contribution < 1.29 is 0 Å². The number of aryl methyl sites for hydroxylation is 4. The Morgan fingerprint density at radius 1 is 0.750 bits per heavy atom. The molecule has 0 amide bonds. The number of hydrogen-bond donors (Lipinski definition) is 0. The van der Waals surface area contributed by atoms with Crippen molar-refractivity contribution in [3.8, 4) is 0 Å². The molecule has 102 valence electrons. The van der Waals surface area contributed by atoms with Crippen LogP contribution in [0.15, 0.2) is 24.3 Å². The molecule has 0 aliphatic heterocycles. The Bertz CT molecular complexity index is 735. The highest BCUT2D eigenvalue weighted by atomic mass is 14.7. The van der Waals surface area contributed by atoms with Crippen LogP contribution in [0.3, 0.4) is 0 Å². The van der Waals surface area contributed by atoms with E-state index < -0.39 is 0 Å². The summed E-state index contributed by atoms with van der Waals surface area (Å²) in [5.41, 5.74) is 7.06. The molecule has 20 heavy (non-hydrogen) atoms. The van der Waals surface area contributed by atoms with E-state index in [1.807, 2.05) is 0 Å². The quantitative estimate of drug-likeness (QED) is 0.636. The monoisotopic (exact) mass is 264 g/mol. The van der Waals surface area contributed by atoms with Crippen molar-refractivity contribution in [1.29, 1.82) is 0 Å². The largest absolute Gasteiger partial charge is 0.253 e. The van der Waals surface area contributed by atoms with Gasteiger partial charge in [0.1, 0.15) is 0 Å². The first kappa shape index (κ1) is 13.0. The van der Waals surface area contributed by atoms with E-state index in [0.29, 0.717) is 0 Å². The zero-order valence-electron chi connectivity index (χ0n) is 12.6. The highest BCUT2D eigenvalue weighted by Crippen LogP contribution is 2.27. The van der Waals surface area contributed by atoms with Gasteiger partial charge in [-0.3, -0.25) is 9.97 Å². The van der Waals surface area contributed by atoms with Crippen LogP contribution in [0.5, 0.6) is 0 Å². The second-order valence-electron chi connectivity index (χ2n) is 5.41. The average molecular weight is 264 g/mol. The normalized spacial score (nSPS) is 11.4. The van der Waals surface area contributed by atoms with Gasteiger partial charge in [-0.05, 0) is 62.1 Å². The zero-order valence-corrected chi connectivity index (χ0v) is 12.6. The van der Waals surface area contributed by atoms with E-state index in [-0.39, 0.29) is 0 Å². The van der Waals surface area contributed by atoms with Crippen molar-refractivity contribution in [3.05, 3.63) is 46.8 Å². The van der Waals surface area contributed by atoms with Crippen LogP contribution in [0.2, 0.25) is 0 Å². The Hall–Kier alpha value is -1.96. The van der Waals surface area contributed by atoms with E-state index in [1.54, 1.807) is 0 Å². The summed E-state index contributed by atoms with van der Waals surface area (Å²) in [6.07, 6.45) is 1.96. The smallest absolute Gasteiger partial charge is 0.0713 e. The highest BCUT2D eigenvalue weighted by molar-refractivity contribution is 6.05. The van der Waals surface area contributed by atoms with Gasteiger partial charge in [-0.15, -0.1) is 0 Å². The van der Waals surface area contributed by atoms with Crippen LogP contribution in [0.1, 0.15) is 36.4 Å². The number of nitrogens with zero attached hydrogens (tertiary/aromatic N) is 2. The third-order valence-corrected chi connectivity index (χ3v) is 4.05. The molecule has 0 bridgehead atoms. The van der Waals surface area contributed by atoms with E-state index in [0.717, 1.165) is 23.9 Å². The molecule has 0 fully saturated rings. The predicted molar refractivity (Wildman–Crippen MR) is 85.3 cm³/mol. The Labute approximate surface area is 119 Å². The molecule has 0 saturated carbocycles. The Balaban J connectivity index is 2.40. The Kier molecular flexibility index (Phi) is 3.17. The van der Waals surface area contributed by atoms with Crippen LogP contribution in [0.25, 0.3) is 21.8 Å². The number of aromatic nitrogens is 2. The second-order valence-corrected chi connectivity index (χ2v) is 5.41. The van der Waals surface area contributed by atoms with Crippen molar-refractivity contribution >= 4 is 21.8 Å². The number of pyridine rings is 2. The lowest BCUT2D eigenvalue weighted by molar-refractivity contribution is 1.03. The van der Waals surface area contributed by atoms with Gasteiger partial charge in [-0.25, -0.2) is 0 Å². The number of benzene rings is 1. The lowest BCUT2D eigenvalue weighted by atomic mass is 10.0. The third-order valence-electron chi connectivity index (χ3n) is 4.05. The third kappa shape index (κ3) is 1.96. The van der Waals surface area contributed by atoms with E-state index in [4.69, 9.17) is 9.97 Å². The zero-order chi connectivity index (χ0) is 14.3. The fraction of sp³-hybridized carbons (Fsp3) is 0.333. The molecule has 3 rings (SSSR count). The lowest BCUT2D eigenvalue weighted by Crippen LogP contribution is -1.96. The van der Waals surface area contributed by atoms with Gasteiger partial charge in [0.15, 0.2) is 0 Å². The van der Waals surface area contributed by atoms with Crippen molar-refractivity contribution in [1.82, 2.24) is 9.97 Å². The average Bonchev–Trinajstić information content (AvgIpc) is 2.46. The van der Waals surface area contributed by atoms with Gasteiger partial charge in [-0.2, -0.15) is 0 Å². The fourth-order valence-electron chi connectivity index (χ4n) is 2.89. The van der Waals surface area contributed by atoms with E-state index in [2.05, 4.69) is 52.0 Å². The Morgan fingerprint density at radius 2 is 1.15 bits per heavy atom. The SMILES string of the molecule is CCc1nc2ccc3nc(CC)c(C)cc3c2cc1C. The van der Waals surface area contributed by atoms with Gasteiger partial charge in [0.05, 0.1) is 11.0 Å². The second kappa shape index (κ2) is 4.86. The van der Waals surface area contributed by atoms with Crippen molar-refractivity contribution in [2.75, 3.05) is 0 Å². The van der Waals surface area contributed by atoms with Crippen LogP contribution in [0.4, 0.5) is 0 Å². The van der Waals surface area contributed by atoms with Gasteiger partial charge < -0.3 is 0 Å². The van der Waals surface area contributed by atoms with Gasteiger partial charge in [0.2, 0.25) is 0 Å². The molecule has 2 aromatic heterocycles. The molecule has 0 saturated heterocycles. The van der Waals surface area contributed by atoms with Gasteiger partial charge in [0.25, 0.3) is 0 Å². The summed E-state index contributed by atoms with van der Waals surface area (Å²) in [7, 11) is 0. The molecular weight excluding hydrogens is 244 g/mol. The molecule has 0 aliphatic carbocycles. The first-order valence-corrected chi connectivity index (χ1v) is 7.33. The summed E-state index contributed by atoms with van der Waals surface area (Å²) < 4.78 is 0. The maximum absolute atomic E-state index is 4.79. The minimum absolute atomic E-state index is 0.978. The molecule has 1 aromatic carbocycles. The summed E-state index contributed by atoms with van der Waals surface area (Å²) >= 11 is 0. The van der Waals surface area contributed by atoms with E-state index >= 15 is 0 Å².